The molecule has 0 spiro atoms. The van der Waals surface area contributed by atoms with Gasteiger partial charge in [-0.3, -0.25) is 4.79 Å². The molecule has 0 atom stereocenters. The van der Waals surface area contributed by atoms with Crippen molar-refractivity contribution < 1.29 is 13.6 Å². The molecular formula is C14H8BrClF2O. The number of hydrogen-bond acceptors (Lipinski definition) is 1. The van der Waals surface area contributed by atoms with Crippen LogP contribution in [0.2, 0.25) is 5.02 Å². The lowest BCUT2D eigenvalue weighted by atomic mass is 10.0. The van der Waals surface area contributed by atoms with Crippen molar-refractivity contribution in [1.82, 2.24) is 0 Å². The standard InChI is InChI=1S/C14H8BrClF2O/c1-7-4-8(2-3-11(7)16)14(19)9-5-13(18)10(15)6-12(9)17/h2-6H,1H3. The van der Waals surface area contributed by atoms with E-state index in [2.05, 4.69) is 15.9 Å². The van der Waals surface area contributed by atoms with Crippen molar-refractivity contribution in [1.29, 1.82) is 0 Å². The molecule has 98 valence electrons. The lowest BCUT2D eigenvalue weighted by Crippen LogP contribution is -2.05. The molecular weight excluding hydrogens is 338 g/mol. The second-order valence-corrected chi connectivity index (χ2v) is 5.30. The Balaban J connectivity index is 2.49. The Morgan fingerprint density at radius 2 is 1.84 bits per heavy atom. The van der Waals surface area contributed by atoms with Gasteiger partial charge in [-0.2, -0.15) is 0 Å². The van der Waals surface area contributed by atoms with E-state index in [1.165, 1.54) is 6.07 Å². The third-order valence-electron chi connectivity index (χ3n) is 2.67. The molecule has 2 aromatic carbocycles. The quantitative estimate of drug-likeness (QED) is 0.558. The molecule has 0 amide bonds. The van der Waals surface area contributed by atoms with Crippen LogP contribution in [-0.2, 0) is 0 Å². The summed E-state index contributed by atoms with van der Waals surface area (Å²) < 4.78 is 27.1. The molecule has 19 heavy (non-hydrogen) atoms. The van der Waals surface area contributed by atoms with Crippen molar-refractivity contribution in [2.45, 2.75) is 6.92 Å². The van der Waals surface area contributed by atoms with E-state index in [4.69, 9.17) is 11.6 Å². The maximum Gasteiger partial charge on any atom is 0.196 e. The first-order valence-corrected chi connectivity index (χ1v) is 6.52. The minimum Gasteiger partial charge on any atom is -0.288 e. The smallest absolute Gasteiger partial charge is 0.196 e. The van der Waals surface area contributed by atoms with Crippen molar-refractivity contribution in [3.05, 3.63) is 68.2 Å². The van der Waals surface area contributed by atoms with E-state index in [1.54, 1.807) is 19.1 Å². The van der Waals surface area contributed by atoms with E-state index in [0.29, 0.717) is 10.6 Å². The van der Waals surface area contributed by atoms with Gasteiger partial charge in [0.1, 0.15) is 11.6 Å². The number of carbonyl (C=O) groups excluding carboxylic acids is 1. The summed E-state index contributed by atoms with van der Waals surface area (Å²) in [4.78, 5) is 12.1. The molecule has 0 unspecified atom stereocenters. The maximum atomic E-state index is 13.7. The molecule has 0 saturated heterocycles. The first-order valence-electron chi connectivity index (χ1n) is 5.35. The molecule has 1 nitrogen and oxygen atoms in total. The minimum atomic E-state index is -0.772. The van der Waals surface area contributed by atoms with Crippen molar-refractivity contribution in [3.8, 4) is 0 Å². The van der Waals surface area contributed by atoms with E-state index in [0.717, 1.165) is 12.1 Å². The Hall–Kier alpha value is -1.26. The van der Waals surface area contributed by atoms with Crippen molar-refractivity contribution in [2.75, 3.05) is 0 Å². The average molecular weight is 346 g/mol. The van der Waals surface area contributed by atoms with E-state index in [1.807, 2.05) is 0 Å². The molecule has 0 heterocycles. The Labute approximate surface area is 122 Å². The predicted molar refractivity (Wildman–Crippen MR) is 73.7 cm³/mol. The molecule has 0 N–H and O–H groups in total. The Kier molecular flexibility index (Phi) is 4.02. The van der Waals surface area contributed by atoms with Gasteiger partial charge in [-0.25, -0.2) is 8.78 Å². The summed E-state index contributed by atoms with van der Waals surface area (Å²) in [6, 6.07) is 6.40. The maximum absolute atomic E-state index is 13.7. The minimum absolute atomic E-state index is 0.0196. The fourth-order valence-corrected chi connectivity index (χ4v) is 2.07. The molecule has 0 aliphatic carbocycles. The number of halogens is 4. The number of ketones is 1. The zero-order valence-corrected chi connectivity index (χ0v) is 12.1. The van der Waals surface area contributed by atoms with Crippen LogP contribution in [0.4, 0.5) is 8.78 Å². The van der Waals surface area contributed by atoms with Crippen LogP contribution < -0.4 is 0 Å². The van der Waals surface area contributed by atoms with Gasteiger partial charge < -0.3 is 0 Å². The van der Waals surface area contributed by atoms with Gasteiger partial charge in [-0.05, 0) is 58.7 Å². The predicted octanol–water partition coefficient (Wildman–Crippen LogP) is 4.92. The highest BCUT2D eigenvalue weighted by atomic mass is 79.9. The van der Waals surface area contributed by atoms with Crippen molar-refractivity contribution >= 4 is 33.3 Å². The van der Waals surface area contributed by atoms with Crippen LogP contribution >= 0.6 is 27.5 Å². The lowest BCUT2D eigenvalue weighted by Gasteiger charge is -2.06. The van der Waals surface area contributed by atoms with Gasteiger partial charge in [-0.15, -0.1) is 0 Å². The fourth-order valence-electron chi connectivity index (χ4n) is 1.64. The molecule has 0 aliphatic heterocycles. The van der Waals surface area contributed by atoms with Crippen LogP contribution in [-0.4, -0.2) is 5.78 Å². The third kappa shape index (κ3) is 2.85. The Morgan fingerprint density at radius 3 is 2.47 bits per heavy atom. The van der Waals surface area contributed by atoms with Gasteiger partial charge in [0.05, 0.1) is 10.0 Å². The molecule has 0 saturated carbocycles. The van der Waals surface area contributed by atoms with Gasteiger partial charge in [0, 0.05) is 10.6 Å². The van der Waals surface area contributed by atoms with E-state index < -0.39 is 17.4 Å². The Bertz CT molecular complexity index is 671. The Morgan fingerprint density at radius 1 is 1.16 bits per heavy atom. The highest BCUT2D eigenvalue weighted by Crippen LogP contribution is 2.23. The molecule has 5 heteroatoms. The number of rotatable bonds is 2. The number of carbonyl (C=O) groups is 1. The summed E-state index contributed by atoms with van der Waals surface area (Å²) in [5.41, 5.74) is 0.662. The summed E-state index contributed by atoms with van der Waals surface area (Å²) in [5.74, 6) is -2.04. The zero-order chi connectivity index (χ0) is 14.2. The molecule has 0 aliphatic rings. The van der Waals surface area contributed by atoms with Crippen LogP contribution in [0.25, 0.3) is 0 Å². The van der Waals surface area contributed by atoms with Crippen LogP contribution in [0.15, 0.2) is 34.8 Å². The first-order chi connectivity index (χ1) is 8.90. The summed E-state index contributed by atoms with van der Waals surface area (Å²) in [6.07, 6.45) is 0. The molecule has 0 bridgehead atoms. The zero-order valence-electron chi connectivity index (χ0n) is 9.81. The molecule has 0 aromatic heterocycles. The third-order valence-corrected chi connectivity index (χ3v) is 3.71. The number of hydrogen-bond donors (Lipinski definition) is 0. The average Bonchev–Trinajstić information content (AvgIpc) is 2.36. The molecule has 2 rings (SSSR count). The second-order valence-electron chi connectivity index (χ2n) is 4.04. The summed E-state index contributed by atoms with van der Waals surface area (Å²) in [7, 11) is 0. The van der Waals surface area contributed by atoms with Crippen molar-refractivity contribution in [3.63, 3.8) is 0 Å². The van der Waals surface area contributed by atoms with Crippen LogP contribution in [0.5, 0.6) is 0 Å². The monoisotopic (exact) mass is 344 g/mol. The highest BCUT2D eigenvalue weighted by molar-refractivity contribution is 9.10. The summed E-state index contributed by atoms with van der Waals surface area (Å²) >= 11 is 8.72. The molecule has 0 fully saturated rings. The van der Waals surface area contributed by atoms with Gasteiger partial charge >= 0.3 is 0 Å². The molecule has 2 aromatic rings. The fraction of sp³-hybridized carbons (Fsp3) is 0.0714. The highest BCUT2D eigenvalue weighted by Gasteiger charge is 2.17. The van der Waals surface area contributed by atoms with E-state index >= 15 is 0 Å². The summed E-state index contributed by atoms with van der Waals surface area (Å²) in [6.45, 7) is 1.73. The number of benzene rings is 2. The molecule has 0 radical (unpaired) electrons. The van der Waals surface area contributed by atoms with E-state index in [-0.39, 0.29) is 15.6 Å². The van der Waals surface area contributed by atoms with Crippen LogP contribution in [0.1, 0.15) is 21.5 Å². The van der Waals surface area contributed by atoms with Crippen LogP contribution in [0, 0.1) is 18.6 Å². The van der Waals surface area contributed by atoms with E-state index in [9.17, 15) is 13.6 Å². The van der Waals surface area contributed by atoms with Gasteiger partial charge in [0.25, 0.3) is 0 Å². The normalized spacial score (nSPS) is 10.6. The van der Waals surface area contributed by atoms with Crippen molar-refractivity contribution in [2.24, 2.45) is 0 Å². The van der Waals surface area contributed by atoms with Crippen LogP contribution in [0.3, 0.4) is 0 Å². The van der Waals surface area contributed by atoms with Gasteiger partial charge in [0.2, 0.25) is 0 Å². The number of aryl methyl sites for hydroxylation is 1. The summed E-state index contributed by atoms with van der Waals surface area (Å²) in [5, 5.41) is 0.513. The topological polar surface area (TPSA) is 17.1 Å². The van der Waals surface area contributed by atoms with Gasteiger partial charge in [-0.1, -0.05) is 11.6 Å². The second kappa shape index (κ2) is 5.39. The first kappa shape index (κ1) is 14.2. The SMILES string of the molecule is Cc1cc(C(=O)c2cc(F)c(Br)cc2F)ccc1Cl. The lowest BCUT2D eigenvalue weighted by molar-refractivity contribution is 0.103. The largest absolute Gasteiger partial charge is 0.288 e. The van der Waals surface area contributed by atoms with Gasteiger partial charge in [0.15, 0.2) is 5.78 Å².